The molecule has 0 fully saturated rings. The molecule has 0 spiro atoms. The Hall–Kier alpha value is -1.65. The first-order valence-corrected chi connectivity index (χ1v) is 2.49. The predicted molar refractivity (Wildman–Crippen MR) is 34.5 cm³/mol. The second kappa shape index (κ2) is 1.66. The highest BCUT2D eigenvalue weighted by atomic mass is 16.1. The van der Waals surface area contributed by atoms with Crippen LogP contribution in [-0.4, -0.2) is 19.9 Å². The molecular formula is C5H4N4O. The van der Waals surface area contributed by atoms with Gasteiger partial charge in [-0.1, -0.05) is 0 Å². The Morgan fingerprint density at radius 1 is 1.50 bits per heavy atom. The molecule has 2 N–H and O–H groups in total. The molecule has 0 aliphatic heterocycles. The van der Waals surface area contributed by atoms with Gasteiger partial charge < -0.3 is 9.95 Å². The zero-order valence-electron chi connectivity index (χ0n) is 8.70. The van der Waals surface area contributed by atoms with Gasteiger partial charge in [0, 0.05) is 0 Å². The third kappa shape index (κ3) is 0.540. The fraction of sp³-hybridized carbons (Fsp3) is 0. The van der Waals surface area contributed by atoms with Crippen molar-refractivity contribution in [2.24, 2.45) is 0 Å². The van der Waals surface area contributed by atoms with Crippen molar-refractivity contribution in [2.75, 3.05) is 0 Å². The van der Waals surface area contributed by atoms with E-state index < -0.39 is 18.2 Å². The van der Waals surface area contributed by atoms with Crippen molar-refractivity contribution in [3.63, 3.8) is 0 Å². The maximum Gasteiger partial charge on any atom is 0.276 e. The molecule has 0 aliphatic carbocycles. The van der Waals surface area contributed by atoms with Gasteiger partial charge in [-0.2, -0.15) is 0 Å². The van der Waals surface area contributed by atoms with E-state index in [-0.39, 0.29) is 16.1 Å². The third-order valence-electron chi connectivity index (χ3n) is 1.04. The van der Waals surface area contributed by atoms with Crippen molar-refractivity contribution in [1.82, 2.24) is 19.9 Å². The maximum atomic E-state index is 11.3. The summed E-state index contributed by atoms with van der Waals surface area (Å²) in [5, 5.41) is 0. The maximum absolute atomic E-state index is 11.3. The Kier molecular flexibility index (Phi) is 0.421. The van der Waals surface area contributed by atoms with E-state index in [1.165, 1.54) is 0 Å². The van der Waals surface area contributed by atoms with Gasteiger partial charge in [-0.05, 0) is 0 Å². The minimum Gasteiger partial charge on any atom is -0.339 e. The molecule has 2 aromatic heterocycles. The van der Waals surface area contributed by atoms with Crippen LogP contribution in [0.2, 0.25) is 2.82 Å². The molecule has 5 nitrogen and oxygen atoms in total. The van der Waals surface area contributed by atoms with Crippen LogP contribution in [0.3, 0.4) is 0 Å². The summed E-state index contributed by atoms with van der Waals surface area (Å²) in [7, 11) is 0. The Balaban J connectivity index is 3.07. The highest BCUT2D eigenvalue weighted by Gasteiger charge is 1.97. The van der Waals surface area contributed by atoms with Crippen LogP contribution >= 0.6 is 0 Å². The molecule has 50 valence electrons. The molecule has 0 unspecified atom stereocenters. The molecule has 0 amide bonds. The monoisotopic (exact) mass is 140 g/mol. The van der Waals surface area contributed by atoms with Gasteiger partial charge >= 0.3 is 0 Å². The average Bonchev–Trinajstić information content (AvgIpc) is 2.39. The fourth-order valence-corrected chi connectivity index (χ4v) is 0.617. The summed E-state index contributed by atoms with van der Waals surface area (Å²) in [5.41, 5.74) is -1.29. The molecule has 10 heavy (non-hydrogen) atoms. The van der Waals surface area contributed by atoms with Crippen LogP contribution in [0.25, 0.3) is 11.2 Å². The van der Waals surface area contributed by atoms with Gasteiger partial charge in [-0.25, -0.2) is 9.97 Å². The summed E-state index contributed by atoms with van der Waals surface area (Å²) in [6.07, 6.45) is -1.02. The van der Waals surface area contributed by atoms with Gasteiger partial charge in [0.25, 0.3) is 5.56 Å². The summed E-state index contributed by atoms with van der Waals surface area (Å²) in [4.78, 5) is 19.0. The minimum absolute atomic E-state index is 0.150. The Morgan fingerprint density at radius 3 is 3.00 bits per heavy atom. The van der Waals surface area contributed by atoms with Gasteiger partial charge in [-0.15, -0.1) is 0 Å². The zero-order chi connectivity index (χ0) is 10.5. The number of rotatable bonds is 0. The Bertz CT molecular complexity index is 573. The lowest BCUT2D eigenvalue weighted by molar-refractivity contribution is 1.15. The van der Waals surface area contributed by atoms with Crippen LogP contribution in [0.1, 0.15) is 2.74 Å². The van der Waals surface area contributed by atoms with Crippen LogP contribution in [0.15, 0.2) is 17.4 Å². The highest BCUT2D eigenvalue weighted by Crippen LogP contribution is 1.94. The van der Waals surface area contributed by atoms with Crippen LogP contribution in [0.4, 0.5) is 0 Å². The van der Waals surface area contributed by atoms with E-state index in [2.05, 4.69) is 9.97 Å². The van der Waals surface area contributed by atoms with E-state index in [0.717, 1.165) is 0 Å². The Labute approximate surface area is 60.9 Å². The SMILES string of the molecule is [2H]c1nc2nc([2H])n([2H])c2c(=O)n1[2H]. The number of nitrogens with zero attached hydrogens (tertiary/aromatic N) is 2. The second-order valence-corrected chi connectivity index (χ2v) is 1.62. The summed E-state index contributed by atoms with van der Waals surface area (Å²) in [6.45, 7) is 0. The van der Waals surface area contributed by atoms with E-state index in [1.807, 2.05) is 0 Å². The van der Waals surface area contributed by atoms with Gasteiger partial charge in [0.15, 0.2) is 14.0 Å². The lowest BCUT2D eigenvalue weighted by Crippen LogP contribution is -2.05. The van der Waals surface area contributed by atoms with E-state index in [0.29, 0.717) is 4.98 Å². The normalized spacial score (nSPS) is 16.0. The molecule has 0 radical (unpaired) electrons. The summed E-state index contributed by atoms with van der Waals surface area (Å²) in [6, 6.07) is 0. The van der Waals surface area contributed by atoms with E-state index in [9.17, 15) is 4.79 Å². The fourth-order valence-electron chi connectivity index (χ4n) is 0.617. The Morgan fingerprint density at radius 2 is 2.20 bits per heavy atom. The molecule has 5 heteroatoms. The van der Waals surface area contributed by atoms with Crippen molar-refractivity contribution in [3.05, 3.63) is 23.0 Å². The van der Waals surface area contributed by atoms with Crippen molar-refractivity contribution >= 4 is 11.2 Å². The van der Waals surface area contributed by atoms with E-state index in [1.54, 1.807) is 0 Å². The number of imidazole rings is 1. The minimum atomic E-state index is -0.874. The van der Waals surface area contributed by atoms with Crippen LogP contribution in [0, 0.1) is 0 Å². The van der Waals surface area contributed by atoms with Crippen molar-refractivity contribution in [1.29, 1.82) is 0 Å². The number of hydrogen-bond donors (Lipinski definition) is 2. The molecule has 0 aromatic carbocycles. The van der Waals surface area contributed by atoms with E-state index in [4.69, 9.17) is 5.57 Å². The smallest absolute Gasteiger partial charge is 0.276 e. The van der Waals surface area contributed by atoms with Crippen LogP contribution in [-0.2, 0) is 0 Å². The van der Waals surface area contributed by atoms with Gasteiger partial charge in [0.05, 0.1) is 12.6 Å². The molecule has 2 aromatic rings. The highest BCUT2D eigenvalue weighted by molar-refractivity contribution is 5.67. The number of aromatic nitrogens is 4. The number of H-pyrrole nitrogens is 2. The molecule has 0 atom stereocenters. The quantitative estimate of drug-likeness (QED) is 0.525. The molecule has 0 saturated heterocycles. The van der Waals surface area contributed by atoms with Crippen molar-refractivity contribution in [2.45, 2.75) is 0 Å². The third-order valence-corrected chi connectivity index (χ3v) is 1.04. The number of fused-ring (bicyclic) bond motifs is 1. The average molecular weight is 140 g/mol. The topological polar surface area (TPSA) is 74.4 Å². The summed E-state index contributed by atoms with van der Waals surface area (Å²) < 4.78 is 28.6. The van der Waals surface area contributed by atoms with Crippen molar-refractivity contribution < 1.29 is 5.57 Å². The van der Waals surface area contributed by atoms with Crippen LogP contribution < -0.4 is 5.56 Å². The van der Waals surface area contributed by atoms with E-state index >= 15 is 0 Å². The molecule has 0 aliphatic rings. The lowest BCUT2D eigenvalue weighted by atomic mass is 10.6. The van der Waals surface area contributed by atoms with Gasteiger partial charge in [-0.3, -0.25) is 4.79 Å². The zero-order valence-corrected chi connectivity index (χ0v) is 4.70. The first-order valence-electron chi connectivity index (χ1n) is 4.39. The largest absolute Gasteiger partial charge is 0.339 e. The standard InChI is InChI=1S/C5H4N4O/c10-5-3-4(7-1-6-3)8-2-9-5/h1-2H,(H2,6,7,8,9,10)/i1D,2D/hD2. The van der Waals surface area contributed by atoms with Gasteiger partial charge in [0.1, 0.15) is 2.74 Å². The van der Waals surface area contributed by atoms with Crippen molar-refractivity contribution in [3.8, 4) is 0 Å². The molecule has 0 bridgehead atoms. The molecule has 2 rings (SSSR count). The van der Waals surface area contributed by atoms with Gasteiger partial charge in [0.2, 0.25) is 0 Å². The van der Waals surface area contributed by atoms with Crippen LogP contribution in [0.5, 0.6) is 0 Å². The molecule has 0 saturated carbocycles. The predicted octanol–water partition coefficient (Wildman–Crippen LogP) is -0.354. The number of aromatic amines is 2. The molecular weight excluding hydrogens is 132 g/mol. The first kappa shape index (κ1) is 2.53. The lowest BCUT2D eigenvalue weighted by Gasteiger charge is -1.81. The summed E-state index contributed by atoms with van der Waals surface area (Å²) in [5.74, 6) is 0. The molecule has 2 heterocycles. The second-order valence-electron chi connectivity index (χ2n) is 1.62. The summed E-state index contributed by atoms with van der Waals surface area (Å²) >= 11 is 0. The number of nitrogens with one attached hydrogen (secondary N) is 2. The first-order chi connectivity index (χ1) is 6.52. The number of hydrogen-bond acceptors (Lipinski definition) is 3.